The van der Waals surface area contributed by atoms with Crippen molar-refractivity contribution in [3.8, 4) is 5.75 Å². The number of fused-ring (bicyclic) bond motifs is 1. The highest BCUT2D eigenvalue weighted by atomic mass is 35.5. The molecule has 0 bridgehead atoms. The van der Waals surface area contributed by atoms with E-state index in [4.69, 9.17) is 20.8 Å². The molecule has 0 aliphatic carbocycles. The molecule has 1 heterocycles. The first kappa shape index (κ1) is 14.9. The van der Waals surface area contributed by atoms with Crippen molar-refractivity contribution in [3.63, 3.8) is 0 Å². The zero-order valence-electron chi connectivity index (χ0n) is 11.7. The van der Waals surface area contributed by atoms with Crippen molar-refractivity contribution < 1.29 is 9.15 Å². The van der Waals surface area contributed by atoms with Gasteiger partial charge in [0.05, 0.1) is 18.3 Å². The van der Waals surface area contributed by atoms with E-state index < -0.39 is 0 Å². The van der Waals surface area contributed by atoms with Crippen LogP contribution in [0.1, 0.15) is 31.7 Å². The molecule has 0 spiro atoms. The monoisotopic (exact) mass is 294 g/mol. The zero-order valence-corrected chi connectivity index (χ0v) is 12.4. The molecule has 0 aliphatic rings. The van der Waals surface area contributed by atoms with Gasteiger partial charge < -0.3 is 9.15 Å². The molecular formula is C16H19ClO3. The summed E-state index contributed by atoms with van der Waals surface area (Å²) < 4.78 is 11.4. The van der Waals surface area contributed by atoms with Crippen LogP contribution in [0.25, 0.3) is 11.0 Å². The highest BCUT2D eigenvalue weighted by Crippen LogP contribution is 2.28. The maximum atomic E-state index is 11.8. The number of unbranched alkanes of at least 4 members (excludes halogenated alkanes) is 1. The molecule has 1 aromatic heterocycles. The molecule has 0 aliphatic heterocycles. The van der Waals surface area contributed by atoms with E-state index in [0.29, 0.717) is 23.5 Å². The lowest BCUT2D eigenvalue weighted by Crippen LogP contribution is -2.04. The summed E-state index contributed by atoms with van der Waals surface area (Å²) in [5.74, 6) is 1.46. The van der Waals surface area contributed by atoms with Gasteiger partial charge in [0.1, 0.15) is 11.3 Å². The number of benzene rings is 1. The Bertz CT molecular complexity index is 619. The van der Waals surface area contributed by atoms with Crippen LogP contribution >= 0.6 is 11.6 Å². The van der Waals surface area contributed by atoms with Crippen LogP contribution in [0.5, 0.6) is 5.75 Å². The number of ether oxygens (including phenoxy) is 1. The van der Waals surface area contributed by atoms with E-state index >= 15 is 0 Å². The number of alkyl halides is 1. The minimum absolute atomic E-state index is 0.0164. The first-order chi connectivity index (χ1) is 9.77. The van der Waals surface area contributed by atoms with Crippen molar-refractivity contribution in [1.29, 1.82) is 0 Å². The van der Waals surface area contributed by atoms with Crippen molar-refractivity contribution in [2.24, 2.45) is 0 Å². The SMILES string of the molecule is CCCc1c(OCCCCCl)ccc2c(=O)ccoc12. The second kappa shape index (κ2) is 7.34. The predicted molar refractivity (Wildman–Crippen MR) is 81.9 cm³/mol. The lowest BCUT2D eigenvalue weighted by atomic mass is 10.1. The third-order valence-corrected chi connectivity index (χ3v) is 3.44. The van der Waals surface area contributed by atoms with Crippen LogP contribution in [0.2, 0.25) is 0 Å². The molecule has 0 fully saturated rings. The van der Waals surface area contributed by atoms with Gasteiger partial charge in [0, 0.05) is 17.5 Å². The van der Waals surface area contributed by atoms with E-state index in [1.165, 1.54) is 12.3 Å². The topological polar surface area (TPSA) is 39.4 Å². The highest BCUT2D eigenvalue weighted by molar-refractivity contribution is 6.17. The molecule has 0 atom stereocenters. The fraction of sp³-hybridized carbons (Fsp3) is 0.438. The van der Waals surface area contributed by atoms with Crippen LogP contribution in [0.4, 0.5) is 0 Å². The number of halogens is 1. The minimum atomic E-state index is -0.0164. The normalized spacial score (nSPS) is 10.9. The largest absolute Gasteiger partial charge is 0.493 e. The van der Waals surface area contributed by atoms with Crippen LogP contribution in [0.15, 0.2) is 33.7 Å². The second-order valence-electron chi connectivity index (χ2n) is 4.70. The summed E-state index contributed by atoms with van der Waals surface area (Å²) in [5.41, 5.74) is 1.61. The molecule has 0 unspecified atom stereocenters. The Kier molecular flexibility index (Phi) is 5.48. The van der Waals surface area contributed by atoms with Gasteiger partial charge in [-0.05, 0) is 31.4 Å². The average molecular weight is 295 g/mol. The van der Waals surface area contributed by atoms with Crippen LogP contribution < -0.4 is 10.2 Å². The molecule has 0 saturated heterocycles. The fourth-order valence-corrected chi connectivity index (χ4v) is 2.38. The summed E-state index contributed by atoms with van der Waals surface area (Å²) in [6.45, 7) is 2.73. The van der Waals surface area contributed by atoms with Crippen LogP contribution in [-0.2, 0) is 6.42 Å². The van der Waals surface area contributed by atoms with Gasteiger partial charge in [0.15, 0.2) is 5.43 Å². The molecule has 1 aromatic carbocycles. The van der Waals surface area contributed by atoms with Gasteiger partial charge in [0.25, 0.3) is 0 Å². The van der Waals surface area contributed by atoms with Crippen molar-refractivity contribution in [1.82, 2.24) is 0 Å². The Morgan fingerprint density at radius 2 is 2.10 bits per heavy atom. The van der Waals surface area contributed by atoms with E-state index in [9.17, 15) is 4.79 Å². The Labute approximate surface area is 123 Å². The molecule has 20 heavy (non-hydrogen) atoms. The maximum absolute atomic E-state index is 11.8. The Balaban J connectivity index is 2.34. The van der Waals surface area contributed by atoms with Crippen molar-refractivity contribution in [3.05, 3.63) is 40.2 Å². The van der Waals surface area contributed by atoms with Crippen molar-refractivity contribution in [2.45, 2.75) is 32.6 Å². The summed E-state index contributed by atoms with van der Waals surface area (Å²) in [6, 6.07) is 5.08. The van der Waals surface area contributed by atoms with Crippen LogP contribution in [0.3, 0.4) is 0 Å². The standard InChI is InChI=1S/C16H19ClO3/c1-2-5-13-15(19-10-4-3-9-17)7-6-12-14(18)8-11-20-16(12)13/h6-8,11H,2-5,9-10H2,1H3. The summed E-state index contributed by atoms with van der Waals surface area (Å²) in [5, 5.41) is 0.615. The van der Waals surface area contributed by atoms with Crippen molar-refractivity contribution >= 4 is 22.6 Å². The molecule has 0 saturated carbocycles. The second-order valence-corrected chi connectivity index (χ2v) is 5.08. The average Bonchev–Trinajstić information content (AvgIpc) is 2.46. The van der Waals surface area contributed by atoms with E-state index in [2.05, 4.69) is 6.92 Å². The molecule has 108 valence electrons. The van der Waals surface area contributed by atoms with Crippen LogP contribution in [0, 0.1) is 0 Å². The van der Waals surface area contributed by atoms with Gasteiger partial charge in [-0.25, -0.2) is 0 Å². The Morgan fingerprint density at radius 3 is 2.85 bits per heavy atom. The smallest absolute Gasteiger partial charge is 0.192 e. The summed E-state index contributed by atoms with van der Waals surface area (Å²) in [4.78, 5) is 11.8. The molecule has 0 N–H and O–H groups in total. The molecule has 2 aromatic rings. The third-order valence-electron chi connectivity index (χ3n) is 3.17. The third kappa shape index (κ3) is 3.34. The van der Waals surface area contributed by atoms with Crippen LogP contribution in [-0.4, -0.2) is 12.5 Å². The maximum Gasteiger partial charge on any atom is 0.192 e. The molecule has 2 rings (SSSR count). The number of hydrogen-bond donors (Lipinski definition) is 0. The quantitative estimate of drug-likeness (QED) is 0.569. The fourth-order valence-electron chi connectivity index (χ4n) is 2.19. The Morgan fingerprint density at radius 1 is 1.25 bits per heavy atom. The molecular weight excluding hydrogens is 276 g/mol. The number of aryl methyl sites for hydroxylation is 1. The van der Waals surface area contributed by atoms with Gasteiger partial charge in [0.2, 0.25) is 0 Å². The lowest BCUT2D eigenvalue weighted by Gasteiger charge is -2.12. The van der Waals surface area contributed by atoms with E-state index in [-0.39, 0.29) is 5.43 Å². The highest BCUT2D eigenvalue weighted by Gasteiger charge is 2.12. The van der Waals surface area contributed by atoms with E-state index in [1.807, 2.05) is 6.07 Å². The van der Waals surface area contributed by atoms with Gasteiger partial charge in [-0.2, -0.15) is 0 Å². The first-order valence-corrected chi connectivity index (χ1v) is 7.53. The minimum Gasteiger partial charge on any atom is -0.493 e. The van der Waals surface area contributed by atoms with Gasteiger partial charge in [-0.1, -0.05) is 13.3 Å². The zero-order chi connectivity index (χ0) is 14.4. The summed E-state index contributed by atoms with van der Waals surface area (Å²) in [7, 11) is 0. The predicted octanol–water partition coefficient (Wildman–Crippen LogP) is 4.14. The summed E-state index contributed by atoms with van der Waals surface area (Å²) >= 11 is 5.65. The molecule has 4 heteroatoms. The lowest BCUT2D eigenvalue weighted by molar-refractivity contribution is 0.306. The number of rotatable bonds is 7. The van der Waals surface area contributed by atoms with Gasteiger partial charge >= 0.3 is 0 Å². The number of hydrogen-bond acceptors (Lipinski definition) is 3. The first-order valence-electron chi connectivity index (χ1n) is 7.00. The van der Waals surface area contributed by atoms with Crippen molar-refractivity contribution in [2.75, 3.05) is 12.5 Å². The summed E-state index contributed by atoms with van der Waals surface area (Å²) in [6.07, 6.45) is 5.10. The molecule has 0 radical (unpaired) electrons. The molecule has 3 nitrogen and oxygen atoms in total. The van der Waals surface area contributed by atoms with E-state index in [0.717, 1.165) is 37.0 Å². The Hall–Kier alpha value is -1.48. The van der Waals surface area contributed by atoms with Gasteiger partial charge in [-0.15, -0.1) is 11.6 Å². The molecule has 0 amide bonds. The van der Waals surface area contributed by atoms with E-state index in [1.54, 1.807) is 6.07 Å². The van der Waals surface area contributed by atoms with Gasteiger partial charge in [-0.3, -0.25) is 4.79 Å².